The van der Waals surface area contributed by atoms with Gasteiger partial charge in [-0.15, -0.1) is 0 Å². The molecule has 0 saturated heterocycles. The third-order valence-corrected chi connectivity index (χ3v) is 4.78. The van der Waals surface area contributed by atoms with Crippen molar-refractivity contribution < 1.29 is 8.42 Å². The molecule has 0 radical (unpaired) electrons. The topological polar surface area (TPSA) is 72.2 Å². The van der Waals surface area contributed by atoms with E-state index in [1.54, 1.807) is 12.1 Å². The van der Waals surface area contributed by atoms with Crippen LogP contribution in [0.3, 0.4) is 0 Å². The van der Waals surface area contributed by atoms with Gasteiger partial charge in [0.15, 0.2) is 0 Å². The molecule has 4 nitrogen and oxygen atoms in total. The van der Waals surface area contributed by atoms with Gasteiger partial charge in [-0.25, -0.2) is 13.1 Å². The summed E-state index contributed by atoms with van der Waals surface area (Å²) in [4.78, 5) is 0.304. The average molecular weight is 284 g/mol. The predicted octanol–water partition coefficient (Wildman–Crippen LogP) is 2.69. The molecule has 0 bridgehead atoms. The van der Waals surface area contributed by atoms with Crippen LogP contribution in [-0.4, -0.2) is 14.5 Å². The normalized spacial score (nSPS) is 13.4. The molecule has 0 aromatic heterocycles. The van der Waals surface area contributed by atoms with Crippen molar-refractivity contribution in [3.05, 3.63) is 23.8 Å². The first kappa shape index (κ1) is 16.0. The molecule has 19 heavy (non-hydrogen) atoms. The zero-order chi connectivity index (χ0) is 14.5. The van der Waals surface area contributed by atoms with Crippen LogP contribution in [0.4, 0.5) is 5.69 Å². The van der Waals surface area contributed by atoms with Crippen molar-refractivity contribution in [3.63, 3.8) is 0 Å². The Morgan fingerprint density at radius 1 is 1.32 bits per heavy atom. The number of hydrogen-bond donors (Lipinski definition) is 2. The van der Waals surface area contributed by atoms with Gasteiger partial charge in [0, 0.05) is 11.7 Å². The Morgan fingerprint density at radius 3 is 2.58 bits per heavy atom. The second kappa shape index (κ2) is 6.91. The summed E-state index contributed by atoms with van der Waals surface area (Å²) in [6.45, 7) is 5.92. The minimum atomic E-state index is -3.49. The Morgan fingerprint density at radius 2 is 2.00 bits per heavy atom. The molecule has 0 amide bonds. The molecule has 5 heteroatoms. The molecule has 1 atom stereocenters. The van der Waals surface area contributed by atoms with Crippen molar-refractivity contribution in [2.24, 2.45) is 0 Å². The van der Waals surface area contributed by atoms with Crippen molar-refractivity contribution >= 4 is 15.7 Å². The molecular weight excluding hydrogens is 260 g/mol. The van der Waals surface area contributed by atoms with E-state index in [2.05, 4.69) is 11.6 Å². The number of aryl methyl sites for hydroxylation is 1. The summed E-state index contributed by atoms with van der Waals surface area (Å²) in [5.74, 6) is 0. The van der Waals surface area contributed by atoms with Gasteiger partial charge < -0.3 is 5.73 Å². The summed E-state index contributed by atoms with van der Waals surface area (Å²) in [5, 5.41) is 0. The summed E-state index contributed by atoms with van der Waals surface area (Å²) in [7, 11) is -3.49. The van der Waals surface area contributed by atoms with Crippen LogP contribution in [0.2, 0.25) is 0 Å². The van der Waals surface area contributed by atoms with Gasteiger partial charge in [0.1, 0.15) is 0 Å². The fraction of sp³-hybridized carbons (Fsp3) is 0.571. The number of nitrogens with one attached hydrogen (secondary N) is 1. The molecule has 1 rings (SSSR count). The van der Waals surface area contributed by atoms with E-state index >= 15 is 0 Å². The highest BCUT2D eigenvalue weighted by atomic mass is 32.2. The summed E-state index contributed by atoms with van der Waals surface area (Å²) >= 11 is 0. The number of nitrogens with two attached hydrogens (primary N) is 1. The van der Waals surface area contributed by atoms with E-state index in [1.807, 2.05) is 13.8 Å². The quantitative estimate of drug-likeness (QED) is 0.756. The Labute approximate surface area is 116 Å². The minimum Gasteiger partial charge on any atom is -0.399 e. The van der Waals surface area contributed by atoms with E-state index in [0.717, 1.165) is 24.8 Å². The molecule has 3 N–H and O–H groups in total. The molecule has 1 aromatic carbocycles. The van der Waals surface area contributed by atoms with E-state index < -0.39 is 10.0 Å². The van der Waals surface area contributed by atoms with E-state index in [-0.39, 0.29) is 6.04 Å². The van der Waals surface area contributed by atoms with Gasteiger partial charge in [0.05, 0.1) is 4.90 Å². The standard InChI is InChI=1S/C14H24N2O2S/c1-4-6-7-11(3)16-19(17,18)14-10-13(15)9-8-12(14)5-2/h8-11,16H,4-7,15H2,1-3H3. The summed E-state index contributed by atoms with van der Waals surface area (Å²) in [6, 6.07) is 4.99. The Balaban J connectivity index is 2.96. The molecule has 1 aromatic rings. The zero-order valence-corrected chi connectivity index (χ0v) is 12.8. The molecule has 0 aliphatic heterocycles. The van der Waals surface area contributed by atoms with E-state index in [4.69, 9.17) is 5.73 Å². The SMILES string of the molecule is CCCCC(C)NS(=O)(=O)c1cc(N)ccc1CC. The van der Waals surface area contributed by atoms with E-state index in [9.17, 15) is 8.42 Å². The predicted molar refractivity (Wildman–Crippen MR) is 79.5 cm³/mol. The van der Waals surface area contributed by atoms with Crippen molar-refractivity contribution in [1.82, 2.24) is 4.72 Å². The third kappa shape index (κ3) is 4.51. The zero-order valence-electron chi connectivity index (χ0n) is 11.9. The van der Waals surface area contributed by atoms with Gasteiger partial charge in [-0.2, -0.15) is 0 Å². The number of nitrogen functional groups attached to an aromatic ring is 1. The summed E-state index contributed by atoms with van der Waals surface area (Å²) < 4.78 is 27.5. The van der Waals surface area contributed by atoms with Crippen LogP contribution in [0, 0.1) is 0 Å². The first-order valence-corrected chi connectivity index (χ1v) is 8.29. The first-order chi connectivity index (χ1) is 8.90. The van der Waals surface area contributed by atoms with Gasteiger partial charge in [-0.1, -0.05) is 32.8 Å². The second-order valence-corrected chi connectivity index (χ2v) is 6.57. The lowest BCUT2D eigenvalue weighted by Gasteiger charge is -2.16. The Hall–Kier alpha value is -1.07. The highest BCUT2D eigenvalue weighted by Crippen LogP contribution is 2.20. The molecule has 0 fully saturated rings. The van der Waals surface area contributed by atoms with Crippen LogP contribution >= 0.6 is 0 Å². The maximum absolute atomic E-state index is 12.4. The molecule has 0 aliphatic carbocycles. The van der Waals surface area contributed by atoms with Crippen LogP contribution < -0.4 is 10.5 Å². The maximum atomic E-state index is 12.4. The lowest BCUT2D eigenvalue weighted by molar-refractivity contribution is 0.533. The molecule has 1 unspecified atom stereocenters. The second-order valence-electron chi connectivity index (χ2n) is 4.89. The first-order valence-electron chi connectivity index (χ1n) is 6.81. The number of anilines is 1. The van der Waals surface area contributed by atoms with Crippen LogP contribution in [0.25, 0.3) is 0 Å². The summed E-state index contributed by atoms with van der Waals surface area (Å²) in [5.41, 5.74) is 6.96. The van der Waals surface area contributed by atoms with Gasteiger partial charge in [-0.3, -0.25) is 0 Å². The Kier molecular flexibility index (Phi) is 5.82. The van der Waals surface area contributed by atoms with Crippen molar-refractivity contribution in [2.75, 3.05) is 5.73 Å². The molecule has 0 aliphatic rings. The molecule has 0 spiro atoms. The Bertz CT molecular complexity index is 512. The maximum Gasteiger partial charge on any atom is 0.241 e. The van der Waals surface area contributed by atoms with Crippen molar-refractivity contribution in [1.29, 1.82) is 0 Å². The smallest absolute Gasteiger partial charge is 0.241 e. The molecule has 0 saturated carbocycles. The van der Waals surface area contributed by atoms with Crippen LogP contribution in [0.15, 0.2) is 23.1 Å². The van der Waals surface area contributed by atoms with Gasteiger partial charge in [-0.05, 0) is 37.5 Å². The molecule has 0 heterocycles. The fourth-order valence-electron chi connectivity index (χ4n) is 2.01. The number of hydrogen-bond acceptors (Lipinski definition) is 3. The highest BCUT2D eigenvalue weighted by Gasteiger charge is 2.20. The number of unbranched alkanes of at least 4 members (excludes halogenated alkanes) is 1. The lowest BCUT2D eigenvalue weighted by Crippen LogP contribution is -2.33. The van der Waals surface area contributed by atoms with Gasteiger partial charge >= 0.3 is 0 Å². The van der Waals surface area contributed by atoms with Crippen molar-refractivity contribution in [3.8, 4) is 0 Å². The monoisotopic (exact) mass is 284 g/mol. The molecular formula is C14H24N2O2S. The van der Waals surface area contributed by atoms with Crippen molar-refractivity contribution in [2.45, 2.75) is 57.4 Å². The largest absolute Gasteiger partial charge is 0.399 e. The van der Waals surface area contributed by atoms with Gasteiger partial charge in [0.2, 0.25) is 10.0 Å². The van der Waals surface area contributed by atoms with Crippen LogP contribution in [0.5, 0.6) is 0 Å². The summed E-state index contributed by atoms with van der Waals surface area (Å²) in [6.07, 6.45) is 3.59. The minimum absolute atomic E-state index is 0.0592. The van der Waals surface area contributed by atoms with Gasteiger partial charge in [0.25, 0.3) is 0 Å². The highest BCUT2D eigenvalue weighted by molar-refractivity contribution is 7.89. The van der Waals surface area contributed by atoms with E-state index in [0.29, 0.717) is 17.0 Å². The fourth-order valence-corrected chi connectivity index (χ4v) is 3.63. The van der Waals surface area contributed by atoms with Crippen LogP contribution in [0.1, 0.15) is 45.6 Å². The average Bonchev–Trinajstić information content (AvgIpc) is 2.35. The molecule has 108 valence electrons. The van der Waals surface area contributed by atoms with Crippen LogP contribution in [-0.2, 0) is 16.4 Å². The van der Waals surface area contributed by atoms with E-state index in [1.165, 1.54) is 6.07 Å². The third-order valence-electron chi connectivity index (χ3n) is 3.11. The lowest BCUT2D eigenvalue weighted by atomic mass is 10.1. The number of sulfonamides is 1. The number of benzene rings is 1. The number of rotatable bonds is 7.